The number of benzene rings is 1. The average molecular weight is 278 g/mol. The molecule has 1 aromatic carbocycles. The highest BCUT2D eigenvalue weighted by Gasteiger charge is 2.28. The molecule has 1 saturated heterocycles. The Morgan fingerprint density at radius 2 is 2.00 bits per heavy atom. The zero-order valence-electron chi connectivity index (χ0n) is 12.9. The molecule has 0 amide bonds. The van der Waals surface area contributed by atoms with Crippen molar-refractivity contribution in [1.29, 1.82) is 0 Å². The maximum absolute atomic E-state index is 13.0. The first-order valence-corrected chi connectivity index (χ1v) is 7.82. The highest BCUT2D eigenvalue weighted by molar-refractivity contribution is 5.16. The number of nitrogens with one attached hydrogen (secondary N) is 1. The molecule has 1 fully saturated rings. The van der Waals surface area contributed by atoms with Crippen molar-refractivity contribution in [2.75, 3.05) is 13.1 Å². The molecule has 1 aromatic rings. The Bertz CT molecular complexity index is 402. The molecule has 0 radical (unpaired) electrons. The van der Waals surface area contributed by atoms with Gasteiger partial charge in [-0.3, -0.25) is 4.90 Å². The molecule has 1 N–H and O–H groups in total. The maximum Gasteiger partial charge on any atom is 0.123 e. The molecule has 0 aromatic heterocycles. The van der Waals surface area contributed by atoms with Gasteiger partial charge in [-0.2, -0.15) is 0 Å². The number of hydrogen-bond donors (Lipinski definition) is 1. The van der Waals surface area contributed by atoms with Gasteiger partial charge in [-0.1, -0.05) is 39.3 Å². The van der Waals surface area contributed by atoms with Gasteiger partial charge in [0.2, 0.25) is 0 Å². The average Bonchev–Trinajstić information content (AvgIpc) is 2.43. The normalized spacial score (nSPS) is 24.2. The molecule has 2 atom stereocenters. The SMILES string of the molecule is CCCC1CNC(C(C)C)CN1Cc1ccc(F)cc1. The Morgan fingerprint density at radius 1 is 1.30 bits per heavy atom. The summed E-state index contributed by atoms with van der Waals surface area (Å²) in [4.78, 5) is 2.57. The van der Waals surface area contributed by atoms with Crippen molar-refractivity contribution in [1.82, 2.24) is 10.2 Å². The first-order valence-electron chi connectivity index (χ1n) is 7.82. The molecule has 2 unspecified atom stereocenters. The van der Waals surface area contributed by atoms with Crippen LogP contribution in [-0.2, 0) is 6.54 Å². The van der Waals surface area contributed by atoms with Gasteiger partial charge in [0.15, 0.2) is 0 Å². The van der Waals surface area contributed by atoms with E-state index in [0.717, 1.165) is 19.6 Å². The van der Waals surface area contributed by atoms with Crippen LogP contribution in [0.5, 0.6) is 0 Å². The Morgan fingerprint density at radius 3 is 2.60 bits per heavy atom. The van der Waals surface area contributed by atoms with Gasteiger partial charge < -0.3 is 5.32 Å². The van der Waals surface area contributed by atoms with Gasteiger partial charge >= 0.3 is 0 Å². The van der Waals surface area contributed by atoms with Gasteiger partial charge in [-0.25, -0.2) is 4.39 Å². The number of halogens is 1. The maximum atomic E-state index is 13.0. The number of hydrogen-bond acceptors (Lipinski definition) is 2. The van der Waals surface area contributed by atoms with E-state index in [1.54, 1.807) is 12.1 Å². The van der Waals surface area contributed by atoms with Crippen molar-refractivity contribution in [3.05, 3.63) is 35.6 Å². The Labute approximate surface area is 122 Å². The Balaban J connectivity index is 2.04. The molecule has 0 bridgehead atoms. The summed E-state index contributed by atoms with van der Waals surface area (Å²) in [5.74, 6) is 0.493. The summed E-state index contributed by atoms with van der Waals surface area (Å²) in [6.07, 6.45) is 2.43. The van der Waals surface area contributed by atoms with Crippen LogP contribution in [-0.4, -0.2) is 30.1 Å². The van der Waals surface area contributed by atoms with Crippen molar-refractivity contribution in [2.24, 2.45) is 5.92 Å². The van der Waals surface area contributed by atoms with E-state index in [-0.39, 0.29) is 5.82 Å². The standard InChI is InChI=1S/C17H27FN2/c1-4-5-16-10-19-17(13(2)3)12-20(16)11-14-6-8-15(18)9-7-14/h6-9,13,16-17,19H,4-5,10-12H2,1-3H3. The smallest absolute Gasteiger partial charge is 0.123 e. The van der Waals surface area contributed by atoms with Crippen LogP contribution in [0.3, 0.4) is 0 Å². The van der Waals surface area contributed by atoms with Crippen LogP contribution < -0.4 is 5.32 Å². The van der Waals surface area contributed by atoms with Crippen molar-refractivity contribution >= 4 is 0 Å². The van der Waals surface area contributed by atoms with E-state index in [9.17, 15) is 4.39 Å². The van der Waals surface area contributed by atoms with Gasteiger partial charge in [-0.05, 0) is 30.0 Å². The van der Waals surface area contributed by atoms with E-state index in [1.807, 2.05) is 12.1 Å². The second kappa shape index (κ2) is 7.19. The van der Waals surface area contributed by atoms with Crippen LogP contribution in [0.1, 0.15) is 39.2 Å². The molecule has 3 heteroatoms. The van der Waals surface area contributed by atoms with Gasteiger partial charge in [-0.15, -0.1) is 0 Å². The third-order valence-corrected chi connectivity index (χ3v) is 4.29. The zero-order chi connectivity index (χ0) is 14.5. The van der Waals surface area contributed by atoms with Crippen LogP contribution in [0.4, 0.5) is 4.39 Å². The summed E-state index contributed by atoms with van der Waals surface area (Å²) < 4.78 is 13.0. The summed E-state index contributed by atoms with van der Waals surface area (Å²) in [5, 5.41) is 3.68. The minimum atomic E-state index is -0.153. The van der Waals surface area contributed by atoms with Gasteiger partial charge in [0.05, 0.1) is 0 Å². The highest BCUT2D eigenvalue weighted by atomic mass is 19.1. The summed E-state index contributed by atoms with van der Waals surface area (Å²) in [5.41, 5.74) is 1.21. The van der Waals surface area contributed by atoms with Gasteiger partial charge in [0.1, 0.15) is 5.82 Å². The van der Waals surface area contributed by atoms with E-state index in [1.165, 1.54) is 18.4 Å². The molecule has 20 heavy (non-hydrogen) atoms. The summed E-state index contributed by atoms with van der Waals surface area (Å²) >= 11 is 0. The molecule has 0 aliphatic carbocycles. The van der Waals surface area contributed by atoms with Gasteiger partial charge in [0, 0.05) is 31.7 Å². The molecule has 1 aliphatic rings. The minimum absolute atomic E-state index is 0.153. The fourth-order valence-electron chi connectivity index (χ4n) is 2.97. The van der Waals surface area contributed by atoms with Crippen LogP contribution >= 0.6 is 0 Å². The fourth-order valence-corrected chi connectivity index (χ4v) is 2.97. The van der Waals surface area contributed by atoms with Crippen LogP contribution in [0, 0.1) is 11.7 Å². The molecule has 1 heterocycles. The third kappa shape index (κ3) is 4.03. The second-order valence-corrected chi connectivity index (χ2v) is 6.26. The molecule has 2 nitrogen and oxygen atoms in total. The topological polar surface area (TPSA) is 15.3 Å². The van der Waals surface area contributed by atoms with Crippen molar-refractivity contribution in [3.63, 3.8) is 0 Å². The first-order chi connectivity index (χ1) is 9.60. The molecular formula is C17H27FN2. The molecule has 2 rings (SSSR count). The lowest BCUT2D eigenvalue weighted by molar-refractivity contribution is 0.0997. The number of rotatable bonds is 5. The van der Waals surface area contributed by atoms with E-state index in [0.29, 0.717) is 18.0 Å². The lowest BCUT2D eigenvalue weighted by Gasteiger charge is -2.42. The predicted molar refractivity (Wildman–Crippen MR) is 82.1 cm³/mol. The molecule has 0 spiro atoms. The fraction of sp³-hybridized carbons (Fsp3) is 0.647. The van der Waals surface area contributed by atoms with Crippen molar-refractivity contribution in [3.8, 4) is 0 Å². The zero-order valence-corrected chi connectivity index (χ0v) is 12.9. The van der Waals surface area contributed by atoms with Crippen LogP contribution in [0.15, 0.2) is 24.3 Å². The van der Waals surface area contributed by atoms with E-state index < -0.39 is 0 Å². The Kier molecular flexibility index (Phi) is 5.55. The van der Waals surface area contributed by atoms with Crippen LogP contribution in [0.2, 0.25) is 0 Å². The van der Waals surface area contributed by atoms with E-state index in [4.69, 9.17) is 0 Å². The first kappa shape index (κ1) is 15.5. The van der Waals surface area contributed by atoms with Crippen molar-refractivity contribution in [2.45, 2.75) is 52.2 Å². The van der Waals surface area contributed by atoms with E-state index in [2.05, 4.69) is 31.0 Å². The van der Waals surface area contributed by atoms with E-state index >= 15 is 0 Å². The molecule has 112 valence electrons. The molecule has 1 aliphatic heterocycles. The third-order valence-electron chi connectivity index (χ3n) is 4.29. The quantitative estimate of drug-likeness (QED) is 0.888. The number of nitrogens with zero attached hydrogens (tertiary/aromatic N) is 1. The lowest BCUT2D eigenvalue weighted by atomic mass is 9.97. The molecular weight excluding hydrogens is 251 g/mol. The number of piperazine rings is 1. The van der Waals surface area contributed by atoms with Gasteiger partial charge in [0.25, 0.3) is 0 Å². The highest BCUT2D eigenvalue weighted by Crippen LogP contribution is 2.19. The Hall–Kier alpha value is -0.930. The van der Waals surface area contributed by atoms with Crippen molar-refractivity contribution < 1.29 is 4.39 Å². The largest absolute Gasteiger partial charge is 0.311 e. The lowest BCUT2D eigenvalue weighted by Crippen LogP contribution is -2.57. The molecule has 0 saturated carbocycles. The summed E-state index contributed by atoms with van der Waals surface area (Å²) in [6, 6.07) is 8.09. The summed E-state index contributed by atoms with van der Waals surface area (Å²) in [6.45, 7) is 9.86. The summed E-state index contributed by atoms with van der Waals surface area (Å²) in [7, 11) is 0. The predicted octanol–water partition coefficient (Wildman–Crippen LogP) is 3.42. The minimum Gasteiger partial charge on any atom is -0.311 e. The second-order valence-electron chi connectivity index (χ2n) is 6.26. The van der Waals surface area contributed by atoms with Crippen LogP contribution in [0.25, 0.3) is 0 Å². The monoisotopic (exact) mass is 278 g/mol.